The molecule has 0 spiro atoms. The molecular weight excluding hydrogens is 332 g/mol. The number of amides is 1. The highest BCUT2D eigenvalue weighted by Crippen LogP contribution is 2.15. The Morgan fingerprint density at radius 3 is 2.64 bits per heavy atom. The summed E-state index contributed by atoms with van der Waals surface area (Å²) >= 11 is 6.07. The molecule has 25 heavy (non-hydrogen) atoms. The molecule has 136 valence electrons. The minimum Gasteiger partial charge on any atom is -0.345 e. The van der Waals surface area contributed by atoms with Crippen molar-refractivity contribution in [2.45, 2.75) is 58.5 Å². The van der Waals surface area contributed by atoms with Crippen molar-refractivity contribution in [3.05, 3.63) is 59.4 Å². The van der Waals surface area contributed by atoms with Crippen LogP contribution in [-0.2, 0) is 17.9 Å². The first kappa shape index (κ1) is 19.6. The number of carbonyl (C=O) groups is 1. The van der Waals surface area contributed by atoms with E-state index in [1.165, 1.54) is 11.1 Å². The molecule has 0 saturated carbocycles. The fourth-order valence-corrected chi connectivity index (χ4v) is 3.12. The average molecular weight is 361 g/mol. The molecule has 0 aliphatic carbocycles. The molecule has 1 heterocycles. The van der Waals surface area contributed by atoms with Crippen molar-refractivity contribution >= 4 is 17.5 Å². The van der Waals surface area contributed by atoms with Crippen LogP contribution in [0.1, 0.15) is 49.9 Å². The van der Waals surface area contributed by atoms with Crippen LogP contribution in [-0.4, -0.2) is 27.3 Å². The lowest BCUT2D eigenvalue weighted by Gasteiger charge is -2.25. The van der Waals surface area contributed by atoms with Crippen molar-refractivity contribution < 1.29 is 4.79 Å². The molecule has 2 rings (SSSR count). The van der Waals surface area contributed by atoms with E-state index in [1.54, 1.807) is 6.92 Å². The quantitative estimate of drug-likeness (QED) is 0.456. The van der Waals surface area contributed by atoms with Gasteiger partial charge in [0.25, 0.3) is 0 Å². The Kier molecular flexibility index (Phi) is 7.57. The molecule has 0 bridgehead atoms. The maximum Gasteiger partial charge on any atom is 0.240 e. The van der Waals surface area contributed by atoms with E-state index in [9.17, 15) is 4.79 Å². The number of aromatic nitrogens is 1. The zero-order valence-electron chi connectivity index (χ0n) is 15.5. The number of unbranched alkanes of at least 4 members (excludes halogenated alkanes) is 2. The van der Waals surface area contributed by atoms with Gasteiger partial charge in [0.2, 0.25) is 5.91 Å². The fourth-order valence-electron chi connectivity index (χ4n) is 2.99. The molecule has 3 nitrogen and oxygen atoms in total. The van der Waals surface area contributed by atoms with Gasteiger partial charge in [-0.3, -0.25) is 4.79 Å². The summed E-state index contributed by atoms with van der Waals surface area (Å²) in [7, 11) is 0. The van der Waals surface area contributed by atoms with Crippen molar-refractivity contribution in [1.29, 1.82) is 0 Å². The van der Waals surface area contributed by atoms with Gasteiger partial charge in [-0.1, -0.05) is 44.0 Å². The minimum absolute atomic E-state index is 0.0152. The zero-order valence-corrected chi connectivity index (χ0v) is 16.3. The Balaban J connectivity index is 2.12. The van der Waals surface area contributed by atoms with Crippen LogP contribution in [0.3, 0.4) is 0 Å². The third-order valence-electron chi connectivity index (χ3n) is 4.56. The molecule has 0 fully saturated rings. The van der Waals surface area contributed by atoms with E-state index < -0.39 is 5.38 Å². The maximum atomic E-state index is 12.5. The first-order valence-corrected chi connectivity index (χ1v) is 9.58. The molecule has 0 radical (unpaired) electrons. The Bertz CT molecular complexity index is 678. The molecule has 0 aliphatic rings. The summed E-state index contributed by atoms with van der Waals surface area (Å²) in [6.07, 6.45) is 5.37. The number of benzene rings is 1. The number of nitrogens with zero attached hydrogens (tertiary/aromatic N) is 2. The Morgan fingerprint density at radius 2 is 1.96 bits per heavy atom. The summed E-state index contributed by atoms with van der Waals surface area (Å²) in [6.45, 7) is 8.25. The van der Waals surface area contributed by atoms with Gasteiger partial charge >= 0.3 is 0 Å². The molecule has 0 saturated heterocycles. The van der Waals surface area contributed by atoms with E-state index in [4.69, 9.17) is 11.6 Å². The Morgan fingerprint density at radius 1 is 1.20 bits per heavy atom. The van der Waals surface area contributed by atoms with Crippen molar-refractivity contribution in [2.24, 2.45) is 0 Å². The topological polar surface area (TPSA) is 25.2 Å². The van der Waals surface area contributed by atoms with Gasteiger partial charge in [0.1, 0.15) is 5.38 Å². The molecule has 0 aliphatic heterocycles. The molecule has 1 atom stereocenters. The summed E-state index contributed by atoms with van der Waals surface area (Å²) in [5, 5.41) is -0.485. The summed E-state index contributed by atoms with van der Waals surface area (Å²) in [5.41, 5.74) is 3.73. The minimum atomic E-state index is -0.485. The van der Waals surface area contributed by atoms with Gasteiger partial charge in [0.15, 0.2) is 0 Å². The van der Waals surface area contributed by atoms with E-state index >= 15 is 0 Å². The molecule has 1 aromatic carbocycles. The van der Waals surface area contributed by atoms with Crippen LogP contribution in [0.5, 0.6) is 0 Å². The van der Waals surface area contributed by atoms with Gasteiger partial charge in [0.05, 0.1) is 6.54 Å². The standard InChI is InChI=1S/C21H29ClN2O/c1-4-5-8-13-24(21(25)18(3)22)16-20-12-9-14-23(20)15-19-11-7-6-10-17(19)2/h6-7,9-12,14,18H,4-5,8,13,15-16H2,1-3H3. The number of aryl methyl sites for hydroxylation is 1. The van der Waals surface area contributed by atoms with Crippen molar-refractivity contribution in [2.75, 3.05) is 6.54 Å². The molecule has 2 aromatic rings. The zero-order chi connectivity index (χ0) is 18.2. The van der Waals surface area contributed by atoms with Crippen LogP contribution >= 0.6 is 11.6 Å². The highest BCUT2D eigenvalue weighted by atomic mass is 35.5. The maximum absolute atomic E-state index is 12.5. The molecular formula is C21H29ClN2O. The third kappa shape index (κ3) is 5.64. The number of halogens is 1. The fraction of sp³-hybridized carbons (Fsp3) is 0.476. The predicted octanol–water partition coefficient (Wildman–Crippen LogP) is 4.99. The van der Waals surface area contributed by atoms with Gasteiger partial charge in [0, 0.05) is 25.0 Å². The predicted molar refractivity (Wildman–Crippen MR) is 105 cm³/mol. The van der Waals surface area contributed by atoms with Crippen LogP contribution in [0.2, 0.25) is 0 Å². The number of hydrogen-bond donors (Lipinski definition) is 0. The summed E-state index contributed by atoms with van der Waals surface area (Å²) in [4.78, 5) is 14.4. The largest absolute Gasteiger partial charge is 0.345 e. The SMILES string of the molecule is CCCCCN(Cc1cccn1Cc1ccccc1C)C(=O)C(C)Cl. The highest BCUT2D eigenvalue weighted by molar-refractivity contribution is 6.30. The molecule has 1 aromatic heterocycles. The Labute approximate surface area is 156 Å². The molecule has 4 heteroatoms. The van der Waals surface area contributed by atoms with Gasteiger partial charge in [-0.05, 0) is 43.5 Å². The van der Waals surface area contributed by atoms with Crippen LogP contribution in [0.25, 0.3) is 0 Å². The second-order valence-electron chi connectivity index (χ2n) is 6.64. The van der Waals surface area contributed by atoms with E-state index in [-0.39, 0.29) is 5.91 Å². The normalized spacial score (nSPS) is 12.2. The Hall–Kier alpha value is -1.74. The summed E-state index contributed by atoms with van der Waals surface area (Å²) in [6, 6.07) is 12.6. The van der Waals surface area contributed by atoms with Gasteiger partial charge in [-0.15, -0.1) is 11.6 Å². The molecule has 1 amide bonds. The van der Waals surface area contributed by atoms with Crippen LogP contribution in [0, 0.1) is 6.92 Å². The first-order chi connectivity index (χ1) is 12.0. The third-order valence-corrected chi connectivity index (χ3v) is 4.75. The lowest BCUT2D eigenvalue weighted by molar-refractivity contribution is -0.131. The van der Waals surface area contributed by atoms with E-state index in [0.717, 1.165) is 38.0 Å². The smallest absolute Gasteiger partial charge is 0.240 e. The highest BCUT2D eigenvalue weighted by Gasteiger charge is 2.19. The van der Waals surface area contributed by atoms with Gasteiger partial charge in [-0.25, -0.2) is 0 Å². The second-order valence-corrected chi connectivity index (χ2v) is 7.29. The monoisotopic (exact) mass is 360 g/mol. The summed E-state index contributed by atoms with van der Waals surface area (Å²) in [5.74, 6) is 0.0152. The van der Waals surface area contributed by atoms with Crippen molar-refractivity contribution in [3.63, 3.8) is 0 Å². The van der Waals surface area contributed by atoms with Gasteiger partial charge < -0.3 is 9.47 Å². The second kappa shape index (κ2) is 9.67. The number of rotatable bonds is 9. The van der Waals surface area contributed by atoms with Crippen molar-refractivity contribution in [1.82, 2.24) is 9.47 Å². The number of hydrogen-bond acceptors (Lipinski definition) is 1. The van der Waals surface area contributed by atoms with Crippen LogP contribution < -0.4 is 0 Å². The number of carbonyl (C=O) groups excluding carboxylic acids is 1. The van der Waals surface area contributed by atoms with Crippen molar-refractivity contribution in [3.8, 4) is 0 Å². The molecule has 0 N–H and O–H groups in total. The lowest BCUT2D eigenvalue weighted by Crippen LogP contribution is -2.36. The first-order valence-electron chi connectivity index (χ1n) is 9.14. The number of alkyl halides is 1. The average Bonchev–Trinajstić information content (AvgIpc) is 3.02. The van der Waals surface area contributed by atoms with Crippen LogP contribution in [0.15, 0.2) is 42.6 Å². The van der Waals surface area contributed by atoms with E-state index in [1.807, 2.05) is 11.0 Å². The van der Waals surface area contributed by atoms with E-state index in [0.29, 0.717) is 6.54 Å². The van der Waals surface area contributed by atoms with Crippen LogP contribution in [0.4, 0.5) is 0 Å². The van der Waals surface area contributed by atoms with Gasteiger partial charge in [-0.2, -0.15) is 0 Å². The summed E-state index contributed by atoms with van der Waals surface area (Å²) < 4.78 is 2.22. The molecule has 1 unspecified atom stereocenters. The van der Waals surface area contributed by atoms with E-state index in [2.05, 4.69) is 54.9 Å². The lowest BCUT2D eigenvalue weighted by atomic mass is 10.1.